The van der Waals surface area contributed by atoms with E-state index in [1.54, 1.807) is 14.0 Å². The van der Waals surface area contributed by atoms with Gasteiger partial charge < -0.3 is 18.6 Å². The Morgan fingerprint density at radius 3 is 2.22 bits per heavy atom. The zero-order valence-electron chi connectivity index (χ0n) is 22.1. The van der Waals surface area contributed by atoms with Crippen molar-refractivity contribution in [3.05, 3.63) is 65.9 Å². The van der Waals surface area contributed by atoms with Gasteiger partial charge in [-0.25, -0.2) is 4.79 Å². The van der Waals surface area contributed by atoms with E-state index >= 15 is 0 Å². The summed E-state index contributed by atoms with van der Waals surface area (Å²) in [7, 11) is 1.62. The van der Waals surface area contributed by atoms with Gasteiger partial charge >= 0.3 is 11.9 Å². The molecule has 0 radical (unpaired) electrons. The number of unbranched alkanes of at least 4 members (excludes halogenated alkanes) is 1. The van der Waals surface area contributed by atoms with Crippen molar-refractivity contribution in [3.8, 4) is 28.2 Å². The molecular weight excluding hydrogens is 456 g/mol. The van der Waals surface area contributed by atoms with Gasteiger partial charge in [-0.1, -0.05) is 42.5 Å². The molecule has 0 amide bonds. The molecule has 36 heavy (non-hydrogen) atoms. The molecule has 0 aliphatic heterocycles. The topological polar surface area (TPSA) is 75.0 Å². The maximum Gasteiger partial charge on any atom is 0.342 e. The summed E-state index contributed by atoms with van der Waals surface area (Å²) in [5.74, 6) is 1.21. The Morgan fingerprint density at radius 1 is 0.944 bits per heavy atom. The number of hydrogen-bond acceptors (Lipinski definition) is 6. The molecule has 0 bridgehead atoms. The van der Waals surface area contributed by atoms with Crippen molar-refractivity contribution >= 4 is 11.9 Å². The van der Waals surface area contributed by atoms with Crippen LogP contribution in [0.2, 0.25) is 0 Å². The summed E-state index contributed by atoms with van der Waals surface area (Å²) >= 11 is 0. The normalized spacial score (nSPS) is 12.2. The number of rotatable bonds is 10. The molecule has 3 aromatic rings. The van der Waals surface area contributed by atoms with Gasteiger partial charge in [0.25, 0.3) is 0 Å². The molecule has 0 saturated heterocycles. The van der Waals surface area contributed by atoms with Crippen LogP contribution in [0.25, 0.3) is 22.5 Å². The van der Waals surface area contributed by atoms with Crippen molar-refractivity contribution < 1.29 is 28.2 Å². The third-order valence-electron chi connectivity index (χ3n) is 5.67. The second kappa shape index (κ2) is 11.9. The minimum Gasteiger partial charge on any atom is -0.497 e. The minimum absolute atomic E-state index is 0.209. The number of furan rings is 1. The molecule has 1 aromatic heterocycles. The molecule has 0 N–H and O–H groups in total. The summed E-state index contributed by atoms with van der Waals surface area (Å²) in [6.45, 7) is 9.21. The second-order valence-corrected chi connectivity index (χ2v) is 9.88. The van der Waals surface area contributed by atoms with Gasteiger partial charge in [-0.2, -0.15) is 0 Å². The summed E-state index contributed by atoms with van der Waals surface area (Å²) in [5.41, 5.74) is 2.34. The average molecular weight is 493 g/mol. The lowest BCUT2D eigenvalue weighted by Gasteiger charge is -2.19. The Hall–Kier alpha value is -3.54. The van der Waals surface area contributed by atoms with Crippen LogP contribution in [0.4, 0.5) is 0 Å². The van der Waals surface area contributed by atoms with Crippen LogP contribution in [-0.2, 0) is 14.3 Å². The monoisotopic (exact) mass is 492 g/mol. The fourth-order valence-electron chi connectivity index (χ4n) is 4.01. The lowest BCUT2D eigenvalue weighted by atomic mass is 9.97. The molecule has 0 unspecified atom stereocenters. The van der Waals surface area contributed by atoms with Crippen LogP contribution in [0.5, 0.6) is 5.75 Å². The summed E-state index contributed by atoms with van der Waals surface area (Å²) in [5, 5.41) is 0. The van der Waals surface area contributed by atoms with Crippen LogP contribution in [0.15, 0.2) is 59.0 Å². The number of aryl methyl sites for hydroxylation is 1. The van der Waals surface area contributed by atoms with Crippen molar-refractivity contribution in [3.63, 3.8) is 0 Å². The fourth-order valence-corrected chi connectivity index (χ4v) is 4.01. The molecule has 0 spiro atoms. The molecule has 0 aliphatic carbocycles. The molecule has 3 rings (SSSR count). The molecule has 0 saturated carbocycles. The molecule has 1 heterocycles. The quantitative estimate of drug-likeness (QED) is 0.217. The van der Waals surface area contributed by atoms with E-state index in [0.29, 0.717) is 41.9 Å². The van der Waals surface area contributed by atoms with Crippen molar-refractivity contribution in [2.75, 3.05) is 7.11 Å². The fraction of sp³-hybridized carbons (Fsp3) is 0.400. The molecule has 192 valence electrons. The average Bonchev–Trinajstić information content (AvgIpc) is 3.18. The lowest BCUT2D eigenvalue weighted by Crippen LogP contribution is -2.23. The first-order chi connectivity index (χ1) is 17.1. The highest BCUT2D eigenvalue weighted by molar-refractivity contribution is 6.02. The number of ether oxygens (including phenoxy) is 3. The smallest absolute Gasteiger partial charge is 0.342 e. The molecule has 1 atom stereocenters. The Kier molecular flexibility index (Phi) is 8.97. The van der Waals surface area contributed by atoms with Crippen LogP contribution < -0.4 is 4.74 Å². The van der Waals surface area contributed by atoms with Crippen LogP contribution in [0.3, 0.4) is 0 Å². The molecule has 6 heteroatoms. The highest BCUT2D eigenvalue weighted by atomic mass is 16.6. The van der Waals surface area contributed by atoms with E-state index in [1.165, 1.54) is 0 Å². The number of hydrogen-bond donors (Lipinski definition) is 0. The first-order valence-electron chi connectivity index (χ1n) is 12.3. The Labute approximate surface area is 213 Å². The molecule has 2 aromatic carbocycles. The third kappa shape index (κ3) is 7.23. The number of esters is 2. The highest BCUT2D eigenvalue weighted by Crippen LogP contribution is 2.40. The summed E-state index contributed by atoms with van der Waals surface area (Å²) in [6, 6.07) is 17.2. The van der Waals surface area contributed by atoms with E-state index < -0.39 is 11.6 Å². The Bertz CT molecular complexity index is 1150. The minimum atomic E-state index is -0.484. The maximum atomic E-state index is 13.4. The van der Waals surface area contributed by atoms with Crippen LogP contribution in [0, 0.1) is 6.92 Å². The standard InChI is InChI=1S/C30H36O6/c1-20(12-10-11-15-25(31)36-30(3,4)5)34-29(32)26-21(2)35-28(23-13-8-7-9-14-23)27(26)22-16-18-24(33-6)19-17-22/h7-9,13-14,16-20H,10-12,15H2,1-6H3/t20-/m0/s1. The summed E-state index contributed by atoms with van der Waals surface area (Å²) < 4.78 is 22.6. The van der Waals surface area contributed by atoms with E-state index in [-0.39, 0.29) is 12.1 Å². The highest BCUT2D eigenvalue weighted by Gasteiger charge is 2.27. The molecule has 6 nitrogen and oxygen atoms in total. The number of carbonyl (C=O) groups is 2. The van der Waals surface area contributed by atoms with E-state index in [0.717, 1.165) is 23.3 Å². The SMILES string of the molecule is COc1ccc(-c2c(-c3ccccc3)oc(C)c2C(=O)O[C@@H](C)CCCCC(=O)OC(C)(C)C)cc1. The Balaban J connectivity index is 1.75. The predicted octanol–water partition coefficient (Wildman–Crippen LogP) is 7.38. The van der Waals surface area contributed by atoms with Gasteiger partial charge in [0.2, 0.25) is 0 Å². The van der Waals surface area contributed by atoms with E-state index in [1.807, 2.05) is 82.3 Å². The molecule has 0 aliphatic rings. The molecular formula is C30H36O6. The van der Waals surface area contributed by atoms with Gasteiger partial charge in [-0.05, 0) is 71.6 Å². The molecule has 0 fully saturated rings. The summed E-state index contributed by atoms with van der Waals surface area (Å²) in [4.78, 5) is 25.3. The number of carbonyl (C=O) groups excluding carboxylic acids is 2. The maximum absolute atomic E-state index is 13.4. The van der Waals surface area contributed by atoms with Crippen LogP contribution in [-0.4, -0.2) is 30.8 Å². The zero-order chi connectivity index (χ0) is 26.3. The van der Waals surface area contributed by atoms with Gasteiger partial charge in [0, 0.05) is 17.5 Å². The van der Waals surface area contributed by atoms with Gasteiger partial charge in [0.15, 0.2) is 0 Å². The van der Waals surface area contributed by atoms with Gasteiger partial charge in [-0.15, -0.1) is 0 Å². The van der Waals surface area contributed by atoms with Gasteiger partial charge in [0.1, 0.15) is 28.4 Å². The van der Waals surface area contributed by atoms with Crippen molar-refractivity contribution in [1.29, 1.82) is 0 Å². The number of methoxy groups -OCH3 is 1. The van der Waals surface area contributed by atoms with E-state index in [9.17, 15) is 9.59 Å². The van der Waals surface area contributed by atoms with Crippen molar-refractivity contribution in [1.82, 2.24) is 0 Å². The van der Waals surface area contributed by atoms with Crippen molar-refractivity contribution in [2.45, 2.75) is 72.0 Å². The van der Waals surface area contributed by atoms with Crippen LogP contribution in [0.1, 0.15) is 69.5 Å². The van der Waals surface area contributed by atoms with Crippen molar-refractivity contribution in [2.24, 2.45) is 0 Å². The third-order valence-corrected chi connectivity index (χ3v) is 5.67. The summed E-state index contributed by atoms with van der Waals surface area (Å²) in [6.07, 6.45) is 2.11. The van der Waals surface area contributed by atoms with E-state index in [2.05, 4.69) is 0 Å². The Morgan fingerprint density at radius 2 is 1.61 bits per heavy atom. The zero-order valence-corrected chi connectivity index (χ0v) is 22.1. The van der Waals surface area contributed by atoms with Crippen LogP contribution >= 0.6 is 0 Å². The predicted molar refractivity (Wildman–Crippen MR) is 140 cm³/mol. The largest absolute Gasteiger partial charge is 0.497 e. The van der Waals surface area contributed by atoms with Gasteiger partial charge in [0.05, 0.1) is 13.2 Å². The first kappa shape index (κ1) is 27.1. The second-order valence-electron chi connectivity index (χ2n) is 9.88. The van der Waals surface area contributed by atoms with E-state index in [4.69, 9.17) is 18.6 Å². The van der Waals surface area contributed by atoms with Gasteiger partial charge in [-0.3, -0.25) is 4.79 Å². The lowest BCUT2D eigenvalue weighted by molar-refractivity contribution is -0.154. The first-order valence-corrected chi connectivity index (χ1v) is 12.3. The number of benzene rings is 2.